The number of benzene rings is 5. The first-order valence-electron chi connectivity index (χ1n) is 23.4. The Kier molecular flexibility index (Phi) is 21.4. The molecule has 2 aliphatic heterocycles. The number of rotatable bonds is 14. The number of likely N-dealkylation sites (N-methyl/N-ethyl adjacent to an activating group) is 1. The minimum absolute atomic E-state index is 0.00629. The second kappa shape index (κ2) is 27.8. The van der Waals surface area contributed by atoms with Gasteiger partial charge in [-0.05, 0) is 66.2 Å². The number of aromatic hydroxyl groups is 1. The second-order valence-corrected chi connectivity index (χ2v) is 18.3. The Hall–Kier alpha value is -6.16. The standard InChI is InChI=1S/C26H26F2N2.C17H21NO.C10H12N4O5.H3O4P/c27-24-12-8-22(9-13-24)26(23-10-14-25(28)15-11-23)30-19-17-29(18-20-30)16-4-7-21-5-2-1-3-6-21;1-18(2)13-14-19-17(15-9-5-3-6-10-15)16-11-7-4-8-12-16;15-1-4-6(16)7(17)10(19-4)14-3-13-5-8(14)11-2-12-9(5)18;1-5(2,3)4/h1-15,26H,16-20H2;3-12,17H,13-14H2,1-2H3;2-4,6-7,10,15-17H,1H2,(H,11,12,18);(H3,1,2,3,4)/b7-4+;;;/t;;4-,6-,7-,10-;/m..1./s1. The minimum atomic E-state index is -4.64. The average Bonchev–Trinajstić information content (AvgIpc) is 3.95. The molecule has 2 aliphatic rings. The van der Waals surface area contributed by atoms with E-state index < -0.39 is 39.0 Å². The van der Waals surface area contributed by atoms with Crippen molar-refractivity contribution in [2.24, 2.45) is 0 Å². The summed E-state index contributed by atoms with van der Waals surface area (Å²) in [4.78, 5) is 40.0. The van der Waals surface area contributed by atoms with E-state index in [0.717, 1.165) is 63.3 Å². The number of aromatic nitrogens is 4. The molecule has 2 fully saturated rings. The first-order chi connectivity index (χ1) is 35.1. The molecule has 17 nitrogen and oxygen atoms in total. The molecule has 73 heavy (non-hydrogen) atoms. The number of nitrogens with zero attached hydrogens (tertiary/aromatic N) is 7. The van der Waals surface area contributed by atoms with Gasteiger partial charge in [0.25, 0.3) is 0 Å². The summed E-state index contributed by atoms with van der Waals surface area (Å²) in [5.41, 5.74) is 6.10. The summed E-state index contributed by atoms with van der Waals surface area (Å²) < 4.78 is 48.6. The fourth-order valence-corrected chi connectivity index (χ4v) is 8.14. The molecule has 0 spiro atoms. The average molecular weight is 1030 g/mol. The summed E-state index contributed by atoms with van der Waals surface area (Å²) in [7, 11) is -0.521. The molecule has 7 aromatic rings. The van der Waals surface area contributed by atoms with Crippen LogP contribution < -0.4 is 0 Å². The molecule has 7 N–H and O–H groups in total. The van der Waals surface area contributed by atoms with Gasteiger partial charge in [-0.2, -0.15) is 4.98 Å². The number of imidazole rings is 1. The Balaban J connectivity index is 0.000000177. The maximum Gasteiger partial charge on any atom is 0.466 e. The number of aliphatic hydroxyl groups is 3. The van der Waals surface area contributed by atoms with Crippen LogP contribution >= 0.6 is 7.82 Å². The molecule has 5 aromatic carbocycles. The molecule has 0 saturated carbocycles. The normalized spacial score (nSPS) is 18.3. The molecule has 2 saturated heterocycles. The van der Waals surface area contributed by atoms with Crippen LogP contribution in [-0.2, 0) is 14.0 Å². The van der Waals surface area contributed by atoms with Crippen LogP contribution in [0, 0.1) is 11.6 Å². The molecular weight excluding hydrogens is 964 g/mol. The zero-order chi connectivity index (χ0) is 52.3. The van der Waals surface area contributed by atoms with Gasteiger partial charge in [0.15, 0.2) is 17.4 Å². The maximum atomic E-state index is 13.5. The lowest BCUT2D eigenvalue weighted by atomic mass is 9.96. The molecule has 20 heteroatoms. The Morgan fingerprint density at radius 1 is 0.740 bits per heavy atom. The number of aliphatic hydroxyl groups excluding tert-OH is 3. The van der Waals surface area contributed by atoms with Crippen LogP contribution in [0.4, 0.5) is 8.78 Å². The second-order valence-electron chi connectivity index (χ2n) is 17.3. The van der Waals surface area contributed by atoms with Crippen molar-refractivity contribution < 1.29 is 57.9 Å². The van der Waals surface area contributed by atoms with Gasteiger partial charge in [-0.3, -0.25) is 14.4 Å². The van der Waals surface area contributed by atoms with Crippen LogP contribution in [0.2, 0.25) is 0 Å². The molecule has 9 rings (SSSR count). The van der Waals surface area contributed by atoms with Crippen LogP contribution in [0.5, 0.6) is 5.88 Å². The number of ether oxygens (including phenoxy) is 2. The van der Waals surface area contributed by atoms with Gasteiger partial charge < -0.3 is 49.5 Å². The molecule has 0 amide bonds. The van der Waals surface area contributed by atoms with E-state index in [0.29, 0.717) is 0 Å². The Bertz CT molecular complexity index is 2680. The van der Waals surface area contributed by atoms with Gasteiger partial charge in [0.2, 0.25) is 5.88 Å². The van der Waals surface area contributed by atoms with Crippen LogP contribution in [0.25, 0.3) is 17.2 Å². The number of hydrogen-bond acceptors (Lipinski definition) is 13. The molecule has 4 heterocycles. The highest BCUT2D eigenvalue weighted by molar-refractivity contribution is 7.45. The van der Waals surface area contributed by atoms with Crippen molar-refractivity contribution in [1.82, 2.24) is 34.2 Å². The molecule has 4 atom stereocenters. The highest BCUT2D eigenvalue weighted by Crippen LogP contribution is 2.33. The van der Waals surface area contributed by atoms with Gasteiger partial charge in [-0.1, -0.05) is 127 Å². The summed E-state index contributed by atoms with van der Waals surface area (Å²) >= 11 is 0. The quantitative estimate of drug-likeness (QED) is 0.0624. The van der Waals surface area contributed by atoms with Crippen LogP contribution in [0.3, 0.4) is 0 Å². The third-order valence-corrected chi connectivity index (χ3v) is 11.8. The monoisotopic (exact) mass is 1030 g/mol. The largest absolute Gasteiger partial charge is 0.492 e. The lowest BCUT2D eigenvalue weighted by molar-refractivity contribution is -0.0511. The van der Waals surface area contributed by atoms with Crippen molar-refractivity contribution in [3.63, 3.8) is 0 Å². The molecule has 2 aromatic heterocycles. The Labute approximate surface area is 422 Å². The van der Waals surface area contributed by atoms with Gasteiger partial charge in [0, 0.05) is 39.3 Å². The number of fused-ring (bicyclic) bond motifs is 1. The van der Waals surface area contributed by atoms with E-state index in [4.69, 9.17) is 33.8 Å². The highest BCUT2D eigenvalue weighted by atomic mass is 31.2. The topological polar surface area (TPSA) is 230 Å². The molecule has 0 radical (unpaired) electrons. The van der Waals surface area contributed by atoms with Gasteiger partial charge in [-0.15, -0.1) is 0 Å². The third kappa shape index (κ3) is 17.2. The molecule has 388 valence electrons. The fourth-order valence-electron chi connectivity index (χ4n) is 8.14. The number of piperazine rings is 1. The van der Waals surface area contributed by atoms with Gasteiger partial charge in [0.1, 0.15) is 42.4 Å². The van der Waals surface area contributed by atoms with E-state index in [2.05, 4.69) is 117 Å². The summed E-state index contributed by atoms with van der Waals surface area (Å²) in [5, 5.41) is 38.2. The summed E-state index contributed by atoms with van der Waals surface area (Å²) in [6.07, 6.45) is 2.60. The molecule has 0 bridgehead atoms. The number of hydrogen-bond donors (Lipinski definition) is 7. The third-order valence-electron chi connectivity index (χ3n) is 11.8. The predicted molar refractivity (Wildman–Crippen MR) is 272 cm³/mol. The SMILES string of the molecule is CN(C)CCOC(c1ccccc1)c1ccccc1.Fc1ccc(C(c2ccc(F)cc2)N2CCN(C/C=C/c3ccccc3)CC2)cc1.O=P(O)(O)O.OC[C@H]1O[C@@H](n2cnc3c(O)ncnc32)[C@H](O)[C@@H]1O. The van der Waals surface area contributed by atoms with E-state index in [-0.39, 0.29) is 40.8 Å². The summed E-state index contributed by atoms with van der Waals surface area (Å²) in [5.74, 6) is -0.770. The smallest absolute Gasteiger partial charge is 0.466 e. The number of halogens is 2. The van der Waals surface area contributed by atoms with Crippen molar-refractivity contribution in [2.45, 2.75) is 36.7 Å². The zero-order valence-corrected chi connectivity index (χ0v) is 41.3. The first-order valence-corrected chi connectivity index (χ1v) is 25.0. The Morgan fingerprint density at radius 3 is 1.75 bits per heavy atom. The van der Waals surface area contributed by atoms with Crippen LogP contribution in [0.1, 0.15) is 46.2 Å². The first kappa shape index (κ1) is 56.1. The fraction of sp³-hybridized carbons (Fsp3) is 0.302. The highest BCUT2D eigenvalue weighted by Gasteiger charge is 2.44. The predicted octanol–water partition coefficient (Wildman–Crippen LogP) is 5.95. The van der Waals surface area contributed by atoms with E-state index in [1.165, 1.54) is 51.9 Å². The van der Waals surface area contributed by atoms with Crippen molar-refractivity contribution in [3.05, 3.63) is 198 Å². The summed E-state index contributed by atoms with van der Waals surface area (Å²) in [6, 6.07) is 44.4. The lowest BCUT2D eigenvalue weighted by Gasteiger charge is -2.39. The zero-order valence-electron chi connectivity index (χ0n) is 40.4. The lowest BCUT2D eigenvalue weighted by Crippen LogP contribution is -2.47. The van der Waals surface area contributed by atoms with Crippen molar-refractivity contribution in [1.29, 1.82) is 0 Å². The van der Waals surface area contributed by atoms with E-state index in [9.17, 15) is 24.1 Å². The van der Waals surface area contributed by atoms with Crippen molar-refractivity contribution >= 4 is 25.1 Å². The minimum Gasteiger partial charge on any atom is -0.492 e. The van der Waals surface area contributed by atoms with Crippen molar-refractivity contribution in [2.75, 3.05) is 66.6 Å². The van der Waals surface area contributed by atoms with Gasteiger partial charge in [0.05, 0.1) is 25.6 Å². The van der Waals surface area contributed by atoms with Crippen LogP contribution in [0.15, 0.2) is 158 Å². The van der Waals surface area contributed by atoms with E-state index >= 15 is 0 Å². The molecule has 0 unspecified atom stereocenters. The molecular formula is C53H62F2N7O10P. The summed E-state index contributed by atoms with van der Waals surface area (Å²) in [6.45, 7) is 5.87. The van der Waals surface area contributed by atoms with Crippen LogP contribution in [-0.4, -0.2) is 154 Å². The van der Waals surface area contributed by atoms with Gasteiger partial charge in [-0.25, -0.2) is 23.3 Å². The van der Waals surface area contributed by atoms with Crippen molar-refractivity contribution in [3.8, 4) is 5.88 Å². The molecule has 0 aliphatic carbocycles. The Morgan fingerprint density at radius 2 is 1.26 bits per heavy atom. The number of phosphoric acid groups is 1. The van der Waals surface area contributed by atoms with E-state index in [1.807, 2.05) is 54.6 Å². The van der Waals surface area contributed by atoms with E-state index in [1.54, 1.807) is 0 Å². The van der Waals surface area contributed by atoms with Gasteiger partial charge >= 0.3 is 7.82 Å². The maximum absolute atomic E-state index is 13.5.